The van der Waals surface area contributed by atoms with Gasteiger partial charge < -0.3 is 20.1 Å². The number of phenolic OH excluding ortho intramolecular Hbond substituents is 1. The number of hydrogen-bond donors (Lipinski definition) is 3. The molecule has 2 atom stereocenters. The molecule has 0 spiro atoms. The Morgan fingerprint density at radius 1 is 1.12 bits per heavy atom. The molecule has 2 rings (SSSR count). The number of fused-ring (bicyclic) bond motifs is 1. The van der Waals surface area contributed by atoms with E-state index in [-0.39, 0.29) is 5.75 Å². The summed E-state index contributed by atoms with van der Waals surface area (Å²) in [4.78, 5) is 11.4. The van der Waals surface area contributed by atoms with Crippen molar-refractivity contribution in [1.82, 2.24) is 0 Å². The van der Waals surface area contributed by atoms with E-state index < -0.39 is 17.7 Å². The first kappa shape index (κ1) is 25.7. The van der Waals surface area contributed by atoms with Crippen molar-refractivity contribution in [2.45, 2.75) is 91.3 Å². The molecule has 1 aliphatic heterocycles. The van der Waals surface area contributed by atoms with Gasteiger partial charge in [0, 0.05) is 17.6 Å². The Balaban J connectivity index is 1.91. The molecule has 0 bridgehead atoms. The monoisotopic (exact) mass is 442 g/mol. The van der Waals surface area contributed by atoms with E-state index in [0.29, 0.717) is 31.3 Å². The molecule has 1 heterocycles. The summed E-state index contributed by atoms with van der Waals surface area (Å²) in [5.41, 5.74) is 3.89. The number of hydrogen-bond acceptors (Lipinski definition) is 4. The standard InChI is InChI=1S/C27H38O5/c1-18(2)9-6-12-21(26(30)31)13-7-10-19(3)11-8-14-27(5)24(29)17-22-16-23(28)15-20(4)25(22)32-27/h9,11,13,15-16,24,28-29H,6-8,10,12,14,17H2,1-5H3,(H,30,31)/b19-11+,21-13-. The van der Waals surface area contributed by atoms with Crippen LogP contribution in [0.3, 0.4) is 0 Å². The molecule has 1 aromatic carbocycles. The molecular weight excluding hydrogens is 404 g/mol. The van der Waals surface area contributed by atoms with E-state index in [1.165, 1.54) is 11.1 Å². The summed E-state index contributed by atoms with van der Waals surface area (Å²) in [6.45, 7) is 9.92. The quantitative estimate of drug-likeness (QED) is 0.305. The molecule has 1 aromatic rings. The molecule has 5 nitrogen and oxygen atoms in total. The predicted octanol–water partition coefficient (Wildman–Crippen LogP) is 6.02. The van der Waals surface area contributed by atoms with Crippen molar-refractivity contribution in [3.63, 3.8) is 0 Å². The van der Waals surface area contributed by atoms with Gasteiger partial charge in [0.2, 0.25) is 0 Å². The normalized spacial score (nSPS) is 21.0. The first-order valence-corrected chi connectivity index (χ1v) is 11.4. The van der Waals surface area contributed by atoms with E-state index in [0.717, 1.165) is 36.1 Å². The molecular formula is C27H38O5. The Hall–Kier alpha value is -2.53. The molecule has 0 saturated carbocycles. The fourth-order valence-corrected chi connectivity index (χ4v) is 4.06. The third-order valence-electron chi connectivity index (χ3n) is 6.09. The Morgan fingerprint density at radius 3 is 2.47 bits per heavy atom. The zero-order chi connectivity index (χ0) is 23.9. The van der Waals surface area contributed by atoms with Crippen LogP contribution in [0, 0.1) is 6.92 Å². The van der Waals surface area contributed by atoms with Gasteiger partial charge in [0.05, 0.1) is 6.10 Å². The lowest BCUT2D eigenvalue weighted by atomic mass is 9.85. The zero-order valence-corrected chi connectivity index (χ0v) is 20.1. The third-order valence-corrected chi connectivity index (χ3v) is 6.09. The molecule has 32 heavy (non-hydrogen) atoms. The topological polar surface area (TPSA) is 87.0 Å². The molecule has 1 aliphatic rings. The van der Waals surface area contributed by atoms with Gasteiger partial charge in [-0.3, -0.25) is 0 Å². The van der Waals surface area contributed by atoms with E-state index in [4.69, 9.17) is 4.74 Å². The average Bonchev–Trinajstić information content (AvgIpc) is 2.68. The van der Waals surface area contributed by atoms with Crippen molar-refractivity contribution in [2.24, 2.45) is 0 Å². The fraction of sp³-hybridized carbons (Fsp3) is 0.519. The van der Waals surface area contributed by atoms with Gasteiger partial charge >= 0.3 is 5.97 Å². The molecule has 176 valence electrons. The minimum atomic E-state index is -0.839. The van der Waals surface area contributed by atoms with Crippen LogP contribution in [-0.4, -0.2) is 33.0 Å². The van der Waals surface area contributed by atoms with E-state index in [2.05, 4.69) is 19.1 Å². The van der Waals surface area contributed by atoms with Crippen LogP contribution in [-0.2, 0) is 11.2 Å². The van der Waals surface area contributed by atoms with E-state index >= 15 is 0 Å². The summed E-state index contributed by atoms with van der Waals surface area (Å²) in [5.74, 6) is 0.112. The Kier molecular flexibility index (Phi) is 9.14. The number of aromatic hydroxyl groups is 1. The Labute approximate surface area is 192 Å². The van der Waals surface area contributed by atoms with Gasteiger partial charge in [-0.15, -0.1) is 0 Å². The van der Waals surface area contributed by atoms with Crippen LogP contribution < -0.4 is 4.74 Å². The van der Waals surface area contributed by atoms with Crippen LogP contribution in [0.1, 0.15) is 77.3 Å². The van der Waals surface area contributed by atoms with Crippen LogP contribution >= 0.6 is 0 Å². The van der Waals surface area contributed by atoms with Gasteiger partial charge in [-0.1, -0.05) is 29.4 Å². The largest absolute Gasteiger partial charge is 0.508 e. The van der Waals surface area contributed by atoms with Crippen LogP contribution in [0.5, 0.6) is 11.5 Å². The molecule has 0 saturated heterocycles. The highest BCUT2D eigenvalue weighted by atomic mass is 16.5. The molecule has 0 fully saturated rings. The first-order chi connectivity index (χ1) is 15.0. The van der Waals surface area contributed by atoms with Gasteiger partial charge in [0.15, 0.2) is 0 Å². The van der Waals surface area contributed by atoms with E-state index in [1.54, 1.807) is 12.1 Å². The third kappa shape index (κ3) is 7.27. The van der Waals surface area contributed by atoms with Crippen molar-refractivity contribution in [3.05, 3.63) is 58.2 Å². The molecule has 5 heteroatoms. The maximum absolute atomic E-state index is 11.4. The zero-order valence-electron chi connectivity index (χ0n) is 20.1. The number of aliphatic hydroxyl groups excluding tert-OH is 1. The SMILES string of the molecule is CC(C)=CCC/C(=C/CC/C(C)=C/CCC1(C)Oc2c(C)cc(O)cc2CC1O)C(=O)O. The number of carbonyl (C=O) groups is 1. The van der Waals surface area contributed by atoms with E-state index in [1.807, 2.05) is 33.8 Å². The molecule has 2 unspecified atom stereocenters. The van der Waals surface area contributed by atoms with Crippen molar-refractivity contribution >= 4 is 5.97 Å². The number of aliphatic carboxylic acids is 1. The average molecular weight is 443 g/mol. The number of benzene rings is 1. The first-order valence-electron chi connectivity index (χ1n) is 11.4. The Bertz CT molecular complexity index is 905. The maximum Gasteiger partial charge on any atom is 0.331 e. The van der Waals surface area contributed by atoms with Gasteiger partial charge in [0.25, 0.3) is 0 Å². The molecule has 0 aromatic heterocycles. The van der Waals surface area contributed by atoms with Crippen molar-refractivity contribution in [1.29, 1.82) is 0 Å². The number of phenols is 1. The van der Waals surface area contributed by atoms with Crippen LogP contribution in [0.25, 0.3) is 0 Å². The van der Waals surface area contributed by atoms with Crippen LogP contribution in [0.2, 0.25) is 0 Å². The lowest BCUT2D eigenvalue weighted by Gasteiger charge is -2.40. The highest BCUT2D eigenvalue weighted by Gasteiger charge is 2.40. The van der Waals surface area contributed by atoms with Gasteiger partial charge in [0.1, 0.15) is 17.1 Å². The number of carboxylic acid groups (broad SMARTS) is 1. The highest BCUT2D eigenvalue weighted by molar-refractivity contribution is 5.86. The molecule has 0 aliphatic carbocycles. The smallest absolute Gasteiger partial charge is 0.331 e. The lowest BCUT2D eigenvalue weighted by molar-refractivity contribution is -0.132. The summed E-state index contributed by atoms with van der Waals surface area (Å²) in [5, 5.41) is 29.9. The molecule has 0 amide bonds. The number of rotatable bonds is 10. The second kappa shape index (κ2) is 11.4. The lowest BCUT2D eigenvalue weighted by Crippen LogP contribution is -2.49. The van der Waals surface area contributed by atoms with Crippen LogP contribution in [0.15, 0.2) is 47.1 Å². The number of aryl methyl sites for hydroxylation is 1. The molecule has 0 radical (unpaired) electrons. The highest BCUT2D eigenvalue weighted by Crippen LogP contribution is 2.40. The Morgan fingerprint density at radius 2 is 1.81 bits per heavy atom. The van der Waals surface area contributed by atoms with Crippen molar-refractivity contribution in [3.8, 4) is 11.5 Å². The van der Waals surface area contributed by atoms with E-state index in [9.17, 15) is 20.1 Å². The van der Waals surface area contributed by atoms with Crippen molar-refractivity contribution in [2.75, 3.05) is 0 Å². The second-order valence-corrected chi connectivity index (χ2v) is 9.37. The summed E-state index contributed by atoms with van der Waals surface area (Å²) in [6.07, 6.45) is 10.1. The van der Waals surface area contributed by atoms with Gasteiger partial charge in [-0.25, -0.2) is 4.79 Å². The van der Waals surface area contributed by atoms with Crippen molar-refractivity contribution < 1.29 is 24.9 Å². The summed E-state index contributed by atoms with van der Waals surface area (Å²) in [6, 6.07) is 3.34. The summed E-state index contributed by atoms with van der Waals surface area (Å²) < 4.78 is 6.22. The minimum Gasteiger partial charge on any atom is -0.508 e. The number of carboxylic acids is 1. The molecule has 3 N–H and O–H groups in total. The summed E-state index contributed by atoms with van der Waals surface area (Å²) in [7, 11) is 0. The number of allylic oxidation sites excluding steroid dienone is 5. The second-order valence-electron chi connectivity index (χ2n) is 9.37. The summed E-state index contributed by atoms with van der Waals surface area (Å²) >= 11 is 0. The minimum absolute atomic E-state index is 0.191. The van der Waals surface area contributed by atoms with Gasteiger partial charge in [-0.2, -0.15) is 0 Å². The fourth-order valence-electron chi connectivity index (χ4n) is 4.06. The number of ether oxygens (including phenoxy) is 1. The maximum atomic E-state index is 11.4. The predicted molar refractivity (Wildman–Crippen MR) is 128 cm³/mol. The van der Waals surface area contributed by atoms with Crippen LogP contribution in [0.4, 0.5) is 0 Å². The van der Waals surface area contributed by atoms with Gasteiger partial charge in [-0.05, 0) is 90.8 Å². The number of aliphatic hydroxyl groups is 1.